The number of benzene rings is 1. The molecule has 0 aliphatic rings. The summed E-state index contributed by atoms with van der Waals surface area (Å²) in [6.07, 6.45) is 5.03. The van der Waals surface area contributed by atoms with E-state index in [0.29, 0.717) is 22.9 Å². The molecule has 0 amide bonds. The van der Waals surface area contributed by atoms with Gasteiger partial charge in [-0.3, -0.25) is 9.78 Å². The molecule has 0 unspecified atom stereocenters. The van der Waals surface area contributed by atoms with Crippen LogP contribution >= 0.6 is 0 Å². The molecule has 0 fully saturated rings. The summed E-state index contributed by atoms with van der Waals surface area (Å²) in [5, 5.41) is 0. The smallest absolute Gasteiger partial charge is 0.227 e. The molecule has 0 atom stereocenters. The fourth-order valence-electron chi connectivity index (χ4n) is 2.31. The molecular formula is C19H16N2O3. The van der Waals surface area contributed by atoms with Crippen LogP contribution in [0.1, 0.15) is 17.3 Å². The predicted octanol–water partition coefficient (Wildman–Crippen LogP) is 4.15. The number of hydrogen-bond acceptors (Lipinski definition) is 5. The van der Waals surface area contributed by atoms with Crippen molar-refractivity contribution in [1.29, 1.82) is 0 Å². The molecule has 24 heavy (non-hydrogen) atoms. The number of rotatable bonds is 5. The first-order chi connectivity index (χ1) is 11.7. The lowest BCUT2D eigenvalue weighted by Gasteiger charge is -2.12. The molecule has 0 bridgehead atoms. The van der Waals surface area contributed by atoms with Gasteiger partial charge in [-0.2, -0.15) is 0 Å². The first-order valence-electron chi connectivity index (χ1n) is 7.41. The molecule has 1 aromatic carbocycles. The Hall–Kier alpha value is -3.21. The van der Waals surface area contributed by atoms with Crippen LogP contribution in [0, 0.1) is 0 Å². The van der Waals surface area contributed by atoms with E-state index in [2.05, 4.69) is 9.97 Å². The molecule has 0 saturated heterocycles. The number of hydrogen-bond donors (Lipinski definition) is 0. The van der Waals surface area contributed by atoms with E-state index in [1.54, 1.807) is 56.0 Å². The number of carbonyl (C=O) groups excluding carboxylic acids is 1. The van der Waals surface area contributed by atoms with Crippen molar-refractivity contribution >= 4 is 5.78 Å². The highest BCUT2D eigenvalue weighted by atomic mass is 16.5. The van der Waals surface area contributed by atoms with Gasteiger partial charge in [0.25, 0.3) is 0 Å². The summed E-state index contributed by atoms with van der Waals surface area (Å²) in [5.74, 6) is 1.75. The molecular weight excluding hydrogens is 304 g/mol. The molecule has 0 N–H and O–H groups in total. The fraction of sp³-hybridized carbons (Fsp3) is 0.105. The topological polar surface area (TPSA) is 61.3 Å². The average molecular weight is 320 g/mol. The van der Waals surface area contributed by atoms with Crippen LogP contribution in [0.4, 0.5) is 0 Å². The van der Waals surface area contributed by atoms with Crippen LogP contribution in [0.5, 0.6) is 17.4 Å². The third-order valence-electron chi connectivity index (χ3n) is 3.54. The highest BCUT2D eigenvalue weighted by Crippen LogP contribution is 2.36. The maximum absolute atomic E-state index is 11.4. The fourth-order valence-corrected chi connectivity index (χ4v) is 2.31. The van der Waals surface area contributed by atoms with E-state index >= 15 is 0 Å². The lowest BCUT2D eigenvalue weighted by molar-refractivity contribution is 0.101. The SMILES string of the molecule is COc1ccncc1-c1cccnc1Oc1ccc(C(C)=O)cc1. The summed E-state index contributed by atoms with van der Waals surface area (Å²) in [6, 6.07) is 12.5. The minimum atomic E-state index is 0.0140. The van der Waals surface area contributed by atoms with E-state index in [0.717, 1.165) is 11.1 Å². The minimum absolute atomic E-state index is 0.0140. The summed E-state index contributed by atoms with van der Waals surface area (Å²) in [4.78, 5) is 19.8. The van der Waals surface area contributed by atoms with Crippen LogP contribution in [-0.4, -0.2) is 22.9 Å². The van der Waals surface area contributed by atoms with Crippen LogP contribution < -0.4 is 9.47 Å². The third-order valence-corrected chi connectivity index (χ3v) is 3.54. The largest absolute Gasteiger partial charge is 0.496 e. The van der Waals surface area contributed by atoms with Crippen molar-refractivity contribution in [2.24, 2.45) is 0 Å². The summed E-state index contributed by atoms with van der Waals surface area (Å²) in [5.41, 5.74) is 2.21. The van der Waals surface area contributed by atoms with Crippen molar-refractivity contribution in [3.63, 3.8) is 0 Å². The Morgan fingerprint density at radius 1 is 1.00 bits per heavy atom. The van der Waals surface area contributed by atoms with Crippen LogP contribution in [-0.2, 0) is 0 Å². The Morgan fingerprint density at radius 3 is 2.50 bits per heavy atom. The van der Waals surface area contributed by atoms with E-state index < -0.39 is 0 Å². The Kier molecular flexibility index (Phi) is 4.52. The maximum Gasteiger partial charge on any atom is 0.227 e. The number of aromatic nitrogens is 2. The van der Waals surface area contributed by atoms with Gasteiger partial charge in [-0.05, 0) is 49.4 Å². The van der Waals surface area contributed by atoms with E-state index in [9.17, 15) is 4.79 Å². The van der Waals surface area contributed by atoms with Gasteiger partial charge in [0, 0.05) is 35.3 Å². The van der Waals surface area contributed by atoms with Gasteiger partial charge < -0.3 is 9.47 Å². The Labute approximate surface area is 139 Å². The molecule has 0 saturated carbocycles. The Bertz CT molecular complexity index is 860. The summed E-state index contributed by atoms with van der Waals surface area (Å²) in [6.45, 7) is 1.53. The molecule has 5 nitrogen and oxygen atoms in total. The van der Waals surface area contributed by atoms with Crippen molar-refractivity contribution in [2.45, 2.75) is 6.92 Å². The van der Waals surface area contributed by atoms with Crippen molar-refractivity contribution < 1.29 is 14.3 Å². The third kappa shape index (κ3) is 3.25. The lowest BCUT2D eigenvalue weighted by atomic mass is 10.1. The van der Waals surface area contributed by atoms with Gasteiger partial charge in [-0.25, -0.2) is 4.98 Å². The number of nitrogens with zero attached hydrogens (tertiary/aromatic N) is 2. The molecule has 3 rings (SSSR count). The predicted molar refractivity (Wildman–Crippen MR) is 90.5 cm³/mol. The molecule has 0 spiro atoms. The van der Waals surface area contributed by atoms with Gasteiger partial charge in [0.15, 0.2) is 5.78 Å². The highest BCUT2D eigenvalue weighted by molar-refractivity contribution is 5.94. The van der Waals surface area contributed by atoms with Gasteiger partial charge in [-0.15, -0.1) is 0 Å². The first kappa shape index (κ1) is 15.7. The number of methoxy groups -OCH3 is 1. The zero-order chi connectivity index (χ0) is 16.9. The summed E-state index contributed by atoms with van der Waals surface area (Å²) < 4.78 is 11.3. The van der Waals surface area contributed by atoms with Gasteiger partial charge in [0.05, 0.1) is 7.11 Å². The number of Topliss-reactive ketones (excluding diaryl/α,β-unsaturated/α-hetero) is 1. The zero-order valence-corrected chi connectivity index (χ0v) is 13.4. The quantitative estimate of drug-likeness (QED) is 0.661. The molecule has 0 radical (unpaired) electrons. The number of ketones is 1. The van der Waals surface area contributed by atoms with E-state index in [-0.39, 0.29) is 5.78 Å². The van der Waals surface area contributed by atoms with E-state index in [4.69, 9.17) is 9.47 Å². The molecule has 0 aliphatic heterocycles. The number of carbonyl (C=O) groups is 1. The standard InChI is InChI=1S/C19H16N2O3/c1-13(22)14-5-7-15(8-6-14)24-19-16(4-3-10-21-19)17-12-20-11-9-18(17)23-2/h3-12H,1-2H3. The molecule has 0 aliphatic carbocycles. The average Bonchev–Trinajstić information content (AvgIpc) is 2.62. The van der Waals surface area contributed by atoms with Gasteiger partial charge in [-0.1, -0.05) is 0 Å². The van der Waals surface area contributed by atoms with Crippen LogP contribution in [0.2, 0.25) is 0 Å². The molecule has 2 heterocycles. The monoisotopic (exact) mass is 320 g/mol. The first-order valence-corrected chi connectivity index (χ1v) is 7.41. The Balaban J connectivity index is 1.96. The lowest BCUT2D eigenvalue weighted by Crippen LogP contribution is -1.95. The number of ether oxygens (including phenoxy) is 2. The summed E-state index contributed by atoms with van der Waals surface area (Å²) >= 11 is 0. The van der Waals surface area contributed by atoms with Crippen LogP contribution in [0.25, 0.3) is 11.1 Å². The second-order valence-electron chi connectivity index (χ2n) is 5.11. The highest BCUT2D eigenvalue weighted by Gasteiger charge is 2.13. The molecule has 5 heteroatoms. The summed E-state index contributed by atoms with van der Waals surface area (Å²) in [7, 11) is 1.61. The molecule has 3 aromatic rings. The van der Waals surface area contributed by atoms with Gasteiger partial charge in [0.2, 0.25) is 5.88 Å². The second-order valence-corrected chi connectivity index (χ2v) is 5.11. The molecule has 120 valence electrons. The van der Waals surface area contributed by atoms with Crippen molar-refractivity contribution in [1.82, 2.24) is 9.97 Å². The minimum Gasteiger partial charge on any atom is -0.496 e. The van der Waals surface area contributed by atoms with Crippen molar-refractivity contribution in [3.05, 3.63) is 66.6 Å². The van der Waals surface area contributed by atoms with Crippen LogP contribution in [0.3, 0.4) is 0 Å². The maximum atomic E-state index is 11.4. The second kappa shape index (κ2) is 6.91. The van der Waals surface area contributed by atoms with E-state index in [1.165, 1.54) is 6.92 Å². The molecule has 2 aromatic heterocycles. The zero-order valence-electron chi connectivity index (χ0n) is 13.4. The Morgan fingerprint density at radius 2 is 1.79 bits per heavy atom. The van der Waals surface area contributed by atoms with Gasteiger partial charge in [0.1, 0.15) is 11.5 Å². The van der Waals surface area contributed by atoms with E-state index in [1.807, 2.05) is 12.1 Å². The normalized spacial score (nSPS) is 10.2. The van der Waals surface area contributed by atoms with Crippen molar-refractivity contribution in [3.8, 4) is 28.5 Å². The van der Waals surface area contributed by atoms with Crippen LogP contribution in [0.15, 0.2) is 61.1 Å². The van der Waals surface area contributed by atoms with Gasteiger partial charge >= 0.3 is 0 Å². The van der Waals surface area contributed by atoms with Crippen molar-refractivity contribution in [2.75, 3.05) is 7.11 Å². The number of pyridine rings is 2.